The van der Waals surface area contributed by atoms with E-state index in [-0.39, 0.29) is 12.6 Å². The molecule has 2 aliphatic heterocycles. The van der Waals surface area contributed by atoms with Crippen LogP contribution in [0.4, 0.5) is 9.59 Å². The van der Waals surface area contributed by atoms with Gasteiger partial charge in [-0.2, -0.15) is 0 Å². The van der Waals surface area contributed by atoms with Gasteiger partial charge in [-0.3, -0.25) is 4.90 Å². The molecule has 2 atom stereocenters. The zero-order valence-corrected chi connectivity index (χ0v) is 16.4. The number of ether oxygens (including phenoxy) is 1. The number of nitrogens with zero attached hydrogens (tertiary/aromatic N) is 4. The zero-order chi connectivity index (χ0) is 19.7. The summed E-state index contributed by atoms with van der Waals surface area (Å²) in [5.74, 6) is 6.00. The number of carboxylic acid groups (broad SMARTS) is 1. The van der Waals surface area contributed by atoms with Crippen LogP contribution in [0.15, 0.2) is 12.4 Å². The average molecular weight is 421 g/mol. The number of halogens is 1. The molecule has 0 radical (unpaired) electrons. The molecule has 4 rings (SSSR count). The Hall–Kier alpha value is -2.57. The molecule has 1 N–H and O–H groups in total. The third-order valence-corrected chi connectivity index (χ3v) is 6.04. The average Bonchev–Trinajstić information content (AvgIpc) is 3.39. The van der Waals surface area contributed by atoms with Crippen molar-refractivity contribution >= 4 is 45.3 Å². The number of carbonyl (C=O) groups is 2. The molecule has 0 aromatic carbocycles. The Balaban J connectivity index is 1.48. The first-order valence-corrected chi connectivity index (χ1v) is 10.1. The van der Waals surface area contributed by atoms with Crippen molar-refractivity contribution in [3.63, 3.8) is 0 Å². The van der Waals surface area contributed by atoms with E-state index >= 15 is 0 Å². The lowest BCUT2D eigenvalue weighted by atomic mass is 10.2. The van der Waals surface area contributed by atoms with Gasteiger partial charge in [0, 0.05) is 19.5 Å². The van der Waals surface area contributed by atoms with E-state index in [0.717, 1.165) is 27.9 Å². The quantitative estimate of drug-likeness (QED) is 0.562. The van der Waals surface area contributed by atoms with E-state index in [2.05, 4.69) is 21.8 Å². The van der Waals surface area contributed by atoms with Crippen LogP contribution in [0.5, 0.6) is 0 Å². The maximum absolute atomic E-state index is 12.2. The van der Waals surface area contributed by atoms with Gasteiger partial charge in [0.15, 0.2) is 0 Å². The smallest absolute Gasteiger partial charge is 0.410 e. The van der Waals surface area contributed by atoms with E-state index in [0.29, 0.717) is 24.7 Å². The first-order valence-electron chi connectivity index (χ1n) is 8.88. The summed E-state index contributed by atoms with van der Waals surface area (Å²) in [6.07, 6.45) is 1.73. The summed E-state index contributed by atoms with van der Waals surface area (Å²) in [6.45, 7) is 1.50. The topological polar surface area (TPSA) is 95.9 Å². The predicted octanol–water partition coefficient (Wildman–Crippen LogP) is 3.05. The molecule has 4 heterocycles. The highest BCUT2D eigenvalue weighted by Gasteiger charge is 2.37. The number of hydrogen-bond acceptors (Lipinski definition) is 6. The zero-order valence-electron chi connectivity index (χ0n) is 14.8. The maximum atomic E-state index is 12.2. The molecule has 146 valence electrons. The number of likely N-dealkylation sites (tertiary alicyclic amines) is 2. The fraction of sp³-hybridized carbons (Fsp3) is 0.444. The number of aromatic nitrogens is 2. The molecular weight excluding hydrogens is 404 g/mol. The van der Waals surface area contributed by atoms with Crippen LogP contribution in [0.1, 0.15) is 24.1 Å². The fourth-order valence-electron chi connectivity index (χ4n) is 3.39. The van der Waals surface area contributed by atoms with Gasteiger partial charge < -0.3 is 14.7 Å². The van der Waals surface area contributed by atoms with Crippen LogP contribution in [0.2, 0.25) is 5.15 Å². The van der Waals surface area contributed by atoms with Crippen molar-refractivity contribution in [2.45, 2.75) is 31.4 Å². The van der Waals surface area contributed by atoms with Gasteiger partial charge >= 0.3 is 12.2 Å². The molecule has 28 heavy (non-hydrogen) atoms. The van der Waals surface area contributed by atoms with E-state index in [1.165, 1.54) is 22.6 Å². The first-order chi connectivity index (χ1) is 13.5. The Labute approximate surface area is 170 Å². The van der Waals surface area contributed by atoms with Crippen LogP contribution in [0.25, 0.3) is 10.2 Å². The van der Waals surface area contributed by atoms with Crippen molar-refractivity contribution in [3.05, 3.63) is 22.4 Å². The Bertz CT molecular complexity index is 979. The van der Waals surface area contributed by atoms with Crippen LogP contribution in [-0.4, -0.2) is 68.8 Å². The highest BCUT2D eigenvalue weighted by atomic mass is 35.5. The second-order valence-electron chi connectivity index (χ2n) is 6.65. The molecule has 0 spiro atoms. The van der Waals surface area contributed by atoms with Crippen LogP contribution in [0, 0.1) is 11.8 Å². The van der Waals surface area contributed by atoms with E-state index in [9.17, 15) is 14.7 Å². The number of carbonyl (C=O) groups excluding carboxylic acids is 1. The fourth-order valence-corrected chi connectivity index (χ4v) is 4.49. The number of rotatable bonds is 1. The van der Waals surface area contributed by atoms with Crippen molar-refractivity contribution in [1.82, 2.24) is 19.8 Å². The Morgan fingerprint density at radius 3 is 2.82 bits per heavy atom. The van der Waals surface area contributed by atoms with E-state index in [1.54, 1.807) is 11.0 Å². The molecule has 0 aliphatic carbocycles. The standard InChI is InChI=1S/C18H17ClN4O4S/c19-15-14-8-13(28-16(14)21-10-20-15)4-3-11-7-12(9-23(11)17(24)25)27-18(26)22-5-1-2-6-22/h8,10-12H,1-2,5-7,9H2,(H,24,25)/t11-,12-/m0/s1. The SMILES string of the molecule is O=C(O[C@H]1C[C@H](C#Cc2cc3c(Cl)ncnc3s2)N(C(=O)O)C1)N1CCCC1. The van der Waals surface area contributed by atoms with Crippen molar-refractivity contribution < 1.29 is 19.4 Å². The minimum Gasteiger partial charge on any atom is -0.465 e. The molecule has 0 unspecified atom stereocenters. The van der Waals surface area contributed by atoms with Crippen LogP contribution in [-0.2, 0) is 4.74 Å². The van der Waals surface area contributed by atoms with Crippen molar-refractivity contribution in [2.24, 2.45) is 0 Å². The summed E-state index contributed by atoms with van der Waals surface area (Å²) in [5, 5.41) is 10.5. The molecule has 10 heteroatoms. The molecule has 2 aromatic rings. The first kappa shape index (κ1) is 18.8. The predicted molar refractivity (Wildman–Crippen MR) is 104 cm³/mol. The normalized spacial score (nSPS) is 21.6. The highest BCUT2D eigenvalue weighted by Crippen LogP contribution is 2.28. The summed E-state index contributed by atoms with van der Waals surface area (Å²) >= 11 is 7.42. The van der Waals surface area contributed by atoms with Gasteiger partial charge in [-0.1, -0.05) is 23.4 Å². The molecular formula is C18H17ClN4O4S. The van der Waals surface area contributed by atoms with Gasteiger partial charge in [-0.15, -0.1) is 11.3 Å². The Kier molecular flexibility index (Phi) is 5.24. The second kappa shape index (κ2) is 7.81. The van der Waals surface area contributed by atoms with Gasteiger partial charge in [0.25, 0.3) is 0 Å². The number of thiophene rings is 1. The van der Waals surface area contributed by atoms with E-state index < -0.39 is 18.2 Å². The summed E-state index contributed by atoms with van der Waals surface area (Å²) in [7, 11) is 0. The lowest BCUT2D eigenvalue weighted by Crippen LogP contribution is -2.35. The number of fused-ring (bicyclic) bond motifs is 1. The number of hydrogen-bond donors (Lipinski definition) is 1. The molecule has 8 nitrogen and oxygen atoms in total. The van der Waals surface area contributed by atoms with Gasteiger partial charge in [0.1, 0.15) is 28.5 Å². The maximum Gasteiger partial charge on any atom is 0.410 e. The Morgan fingerprint density at radius 2 is 2.11 bits per heavy atom. The minimum absolute atomic E-state index is 0.123. The van der Waals surface area contributed by atoms with Crippen molar-refractivity contribution in [3.8, 4) is 11.8 Å². The van der Waals surface area contributed by atoms with E-state index in [4.69, 9.17) is 16.3 Å². The third kappa shape index (κ3) is 3.84. The highest BCUT2D eigenvalue weighted by molar-refractivity contribution is 7.19. The molecule has 2 amide bonds. The van der Waals surface area contributed by atoms with Crippen LogP contribution >= 0.6 is 22.9 Å². The lowest BCUT2D eigenvalue weighted by molar-refractivity contribution is 0.0708. The molecule has 0 saturated carbocycles. The van der Waals surface area contributed by atoms with Crippen LogP contribution in [0.3, 0.4) is 0 Å². The van der Waals surface area contributed by atoms with Crippen molar-refractivity contribution in [1.29, 1.82) is 0 Å². The molecule has 2 fully saturated rings. The van der Waals surface area contributed by atoms with Gasteiger partial charge in [-0.25, -0.2) is 19.6 Å². The molecule has 0 bridgehead atoms. The van der Waals surface area contributed by atoms with Crippen LogP contribution < -0.4 is 0 Å². The summed E-state index contributed by atoms with van der Waals surface area (Å²) in [5.41, 5.74) is 0. The third-order valence-electron chi connectivity index (χ3n) is 4.78. The van der Waals surface area contributed by atoms with E-state index in [1.807, 2.05) is 0 Å². The van der Waals surface area contributed by atoms with Gasteiger partial charge in [-0.05, 0) is 18.9 Å². The summed E-state index contributed by atoms with van der Waals surface area (Å²) < 4.78 is 5.50. The molecule has 2 aromatic heterocycles. The summed E-state index contributed by atoms with van der Waals surface area (Å²) in [6, 6.07) is 1.25. The lowest BCUT2D eigenvalue weighted by Gasteiger charge is -2.19. The monoisotopic (exact) mass is 420 g/mol. The second-order valence-corrected chi connectivity index (χ2v) is 8.04. The minimum atomic E-state index is -1.08. The Morgan fingerprint density at radius 1 is 1.32 bits per heavy atom. The largest absolute Gasteiger partial charge is 0.465 e. The van der Waals surface area contributed by atoms with Crippen molar-refractivity contribution in [2.75, 3.05) is 19.6 Å². The number of amides is 2. The molecule has 2 aliphatic rings. The van der Waals surface area contributed by atoms with Gasteiger partial charge in [0.2, 0.25) is 0 Å². The summed E-state index contributed by atoms with van der Waals surface area (Å²) in [4.78, 5) is 36.2. The van der Waals surface area contributed by atoms with Gasteiger partial charge in [0.05, 0.1) is 16.8 Å². The molecule has 2 saturated heterocycles.